The van der Waals surface area contributed by atoms with Crippen LogP contribution in [0.4, 0.5) is 0 Å². The van der Waals surface area contributed by atoms with E-state index >= 15 is 0 Å². The second-order valence-corrected chi connectivity index (χ2v) is 4.31. The number of benzene rings is 1. The number of rotatable bonds is 3. The average Bonchev–Trinajstić information content (AvgIpc) is 2.41. The van der Waals surface area contributed by atoms with Crippen molar-refractivity contribution in [2.75, 3.05) is 7.11 Å². The van der Waals surface area contributed by atoms with Gasteiger partial charge in [0.15, 0.2) is 0 Å². The van der Waals surface area contributed by atoms with E-state index in [1.54, 1.807) is 13.2 Å². The number of ether oxygens (including phenoxy) is 1. The van der Waals surface area contributed by atoms with Crippen LogP contribution in [0, 0.1) is 13.8 Å². The van der Waals surface area contributed by atoms with Crippen molar-refractivity contribution in [2.45, 2.75) is 19.9 Å². The van der Waals surface area contributed by atoms with Gasteiger partial charge in [0.2, 0.25) is 5.88 Å². The van der Waals surface area contributed by atoms with Gasteiger partial charge in [-0.1, -0.05) is 18.2 Å². The van der Waals surface area contributed by atoms with Gasteiger partial charge in [0, 0.05) is 6.07 Å². The van der Waals surface area contributed by atoms with Crippen molar-refractivity contribution >= 4 is 0 Å². The van der Waals surface area contributed by atoms with Crippen LogP contribution in [0.5, 0.6) is 5.88 Å². The molecule has 1 aromatic heterocycles. The smallest absolute Gasteiger partial charge is 0.216 e. The molecule has 0 spiro atoms. The molecule has 2 aromatic rings. The maximum atomic E-state index is 6.21. The van der Waals surface area contributed by atoms with E-state index in [2.05, 4.69) is 35.9 Å². The lowest BCUT2D eigenvalue weighted by atomic mass is 9.99. The number of nitrogens with two attached hydrogens (primary N) is 1. The second kappa shape index (κ2) is 5.14. The highest BCUT2D eigenvalue weighted by atomic mass is 16.5. The summed E-state index contributed by atoms with van der Waals surface area (Å²) >= 11 is 0. The summed E-state index contributed by atoms with van der Waals surface area (Å²) in [6, 6.07) is 7.69. The van der Waals surface area contributed by atoms with E-state index in [0.29, 0.717) is 5.88 Å². The molecule has 1 atom stereocenters. The van der Waals surface area contributed by atoms with Crippen LogP contribution in [0.2, 0.25) is 0 Å². The van der Waals surface area contributed by atoms with Crippen LogP contribution in [0.1, 0.15) is 28.4 Å². The van der Waals surface area contributed by atoms with Gasteiger partial charge in [-0.2, -0.15) is 0 Å². The molecule has 0 radical (unpaired) electrons. The Morgan fingerprint density at radius 2 is 1.89 bits per heavy atom. The first-order valence-electron chi connectivity index (χ1n) is 5.80. The third-order valence-electron chi connectivity index (χ3n) is 3.08. The van der Waals surface area contributed by atoms with Crippen LogP contribution in [0.3, 0.4) is 0 Å². The van der Waals surface area contributed by atoms with Crippen molar-refractivity contribution in [2.24, 2.45) is 5.73 Å². The molecule has 1 aromatic carbocycles. The van der Waals surface area contributed by atoms with Crippen LogP contribution in [-0.2, 0) is 0 Å². The molecule has 0 saturated carbocycles. The topological polar surface area (TPSA) is 61.0 Å². The molecule has 94 valence electrons. The second-order valence-electron chi connectivity index (χ2n) is 4.31. The fourth-order valence-corrected chi connectivity index (χ4v) is 1.76. The van der Waals surface area contributed by atoms with Crippen molar-refractivity contribution in [3.63, 3.8) is 0 Å². The van der Waals surface area contributed by atoms with Gasteiger partial charge in [-0.25, -0.2) is 9.97 Å². The molecule has 0 bridgehead atoms. The van der Waals surface area contributed by atoms with Gasteiger partial charge in [-0.3, -0.25) is 0 Å². The average molecular weight is 243 g/mol. The Morgan fingerprint density at radius 3 is 2.56 bits per heavy atom. The Labute approximate surface area is 107 Å². The van der Waals surface area contributed by atoms with Gasteiger partial charge in [0.25, 0.3) is 0 Å². The molecule has 2 N–H and O–H groups in total. The zero-order valence-electron chi connectivity index (χ0n) is 10.8. The summed E-state index contributed by atoms with van der Waals surface area (Å²) in [5, 5.41) is 0. The van der Waals surface area contributed by atoms with Gasteiger partial charge in [0.05, 0.1) is 18.8 Å². The lowest BCUT2D eigenvalue weighted by Crippen LogP contribution is -2.14. The van der Waals surface area contributed by atoms with Crippen LogP contribution in [-0.4, -0.2) is 17.1 Å². The molecule has 0 saturated heterocycles. The molecule has 2 rings (SSSR count). The molecule has 0 aliphatic carbocycles. The standard InChI is InChI=1S/C14H17N3O/c1-9-4-5-11(6-10(9)2)14(15)12-7-13(18-3)17-8-16-12/h4-8,14H,15H2,1-3H3. The number of hydrogen-bond donors (Lipinski definition) is 1. The first-order valence-corrected chi connectivity index (χ1v) is 5.80. The Kier molecular flexibility index (Phi) is 3.58. The van der Waals surface area contributed by atoms with Crippen molar-refractivity contribution in [3.8, 4) is 5.88 Å². The highest BCUT2D eigenvalue weighted by Gasteiger charge is 2.12. The predicted molar refractivity (Wildman–Crippen MR) is 70.5 cm³/mol. The summed E-state index contributed by atoms with van der Waals surface area (Å²) in [4.78, 5) is 8.18. The summed E-state index contributed by atoms with van der Waals surface area (Å²) < 4.78 is 5.08. The maximum absolute atomic E-state index is 6.21. The van der Waals surface area contributed by atoms with Crippen LogP contribution < -0.4 is 10.5 Å². The number of aromatic nitrogens is 2. The van der Waals surface area contributed by atoms with E-state index in [9.17, 15) is 0 Å². The number of nitrogens with zero attached hydrogens (tertiary/aromatic N) is 2. The largest absolute Gasteiger partial charge is 0.481 e. The minimum Gasteiger partial charge on any atom is -0.481 e. The lowest BCUT2D eigenvalue weighted by molar-refractivity contribution is 0.395. The van der Waals surface area contributed by atoms with E-state index < -0.39 is 0 Å². The Bertz CT molecular complexity index is 554. The monoisotopic (exact) mass is 243 g/mol. The Balaban J connectivity index is 2.34. The van der Waals surface area contributed by atoms with Crippen LogP contribution in [0.15, 0.2) is 30.6 Å². The first kappa shape index (κ1) is 12.5. The molecular formula is C14H17N3O. The highest BCUT2D eigenvalue weighted by molar-refractivity contribution is 5.35. The number of methoxy groups -OCH3 is 1. The Hall–Kier alpha value is -1.94. The molecule has 1 unspecified atom stereocenters. The SMILES string of the molecule is COc1cc(C(N)c2ccc(C)c(C)c2)ncn1. The fraction of sp³-hybridized carbons (Fsp3) is 0.286. The third-order valence-corrected chi connectivity index (χ3v) is 3.08. The van der Waals surface area contributed by atoms with Crippen molar-refractivity contribution < 1.29 is 4.74 Å². The molecule has 1 heterocycles. The van der Waals surface area contributed by atoms with Crippen molar-refractivity contribution in [1.29, 1.82) is 0 Å². The van der Waals surface area contributed by atoms with Gasteiger partial charge < -0.3 is 10.5 Å². The number of hydrogen-bond acceptors (Lipinski definition) is 4. The zero-order chi connectivity index (χ0) is 13.1. The molecule has 4 heteroatoms. The summed E-state index contributed by atoms with van der Waals surface area (Å²) in [7, 11) is 1.58. The molecule has 0 aliphatic heterocycles. The molecule has 0 fully saturated rings. The summed E-state index contributed by atoms with van der Waals surface area (Å²) in [6.45, 7) is 4.16. The summed E-state index contributed by atoms with van der Waals surface area (Å²) in [5.41, 5.74) is 10.5. The summed E-state index contributed by atoms with van der Waals surface area (Å²) in [5.74, 6) is 0.527. The predicted octanol–water partition coefficient (Wildman–Crippen LogP) is 2.15. The third kappa shape index (κ3) is 2.49. The maximum Gasteiger partial charge on any atom is 0.216 e. The molecule has 0 amide bonds. The normalized spacial score (nSPS) is 12.2. The van der Waals surface area contributed by atoms with Gasteiger partial charge in [-0.15, -0.1) is 0 Å². The van der Waals surface area contributed by atoms with Gasteiger partial charge in [-0.05, 0) is 30.5 Å². The van der Waals surface area contributed by atoms with Gasteiger partial charge >= 0.3 is 0 Å². The Morgan fingerprint density at radius 1 is 1.11 bits per heavy atom. The first-order chi connectivity index (χ1) is 8.61. The van der Waals surface area contributed by atoms with E-state index in [4.69, 9.17) is 10.5 Å². The number of aryl methyl sites for hydroxylation is 2. The van der Waals surface area contributed by atoms with E-state index in [-0.39, 0.29) is 6.04 Å². The zero-order valence-corrected chi connectivity index (χ0v) is 10.8. The van der Waals surface area contributed by atoms with Crippen LogP contribution in [0.25, 0.3) is 0 Å². The molecule has 18 heavy (non-hydrogen) atoms. The van der Waals surface area contributed by atoms with E-state index in [1.165, 1.54) is 17.5 Å². The van der Waals surface area contributed by atoms with Crippen molar-refractivity contribution in [3.05, 3.63) is 53.0 Å². The minimum atomic E-state index is -0.263. The van der Waals surface area contributed by atoms with E-state index in [1.807, 2.05) is 6.07 Å². The minimum absolute atomic E-state index is 0.263. The highest BCUT2D eigenvalue weighted by Crippen LogP contribution is 2.21. The van der Waals surface area contributed by atoms with Crippen LogP contribution >= 0.6 is 0 Å². The molecule has 4 nitrogen and oxygen atoms in total. The van der Waals surface area contributed by atoms with Crippen molar-refractivity contribution in [1.82, 2.24) is 9.97 Å². The van der Waals surface area contributed by atoms with E-state index in [0.717, 1.165) is 11.3 Å². The summed E-state index contributed by atoms with van der Waals surface area (Å²) in [6.07, 6.45) is 1.47. The van der Waals surface area contributed by atoms with Gasteiger partial charge in [0.1, 0.15) is 6.33 Å². The quantitative estimate of drug-likeness (QED) is 0.897. The molecular weight excluding hydrogens is 226 g/mol. The lowest BCUT2D eigenvalue weighted by Gasteiger charge is -2.13. The fourth-order valence-electron chi connectivity index (χ4n) is 1.76. The molecule has 0 aliphatic rings.